The molecule has 4 aromatic rings. The number of benzene rings is 2. The van der Waals surface area contributed by atoms with Crippen molar-refractivity contribution >= 4 is 55.9 Å². The van der Waals surface area contributed by atoms with Gasteiger partial charge in [-0.3, -0.25) is 4.79 Å². The molecule has 0 aliphatic heterocycles. The van der Waals surface area contributed by atoms with Crippen LogP contribution in [0.4, 0.5) is 0 Å². The van der Waals surface area contributed by atoms with Crippen molar-refractivity contribution in [2.75, 3.05) is 7.11 Å². The summed E-state index contributed by atoms with van der Waals surface area (Å²) in [7, 11) is 1.43. The quantitative estimate of drug-likeness (QED) is 0.389. The fourth-order valence-electron chi connectivity index (χ4n) is 3.23. The highest BCUT2D eigenvalue weighted by Crippen LogP contribution is 2.37. The van der Waals surface area contributed by atoms with Crippen LogP contribution in [0.3, 0.4) is 0 Å². The maximum absolute atomic E-state index is 12.9. The Morgan fingerprint density at radius 2 is 2.00 bits per heavy atom. The van der Waals surface area contributed by atoms with E-state index in [4.69, 9.17) is 27.9 Å². The average Bonchev–Trinajstić information content (AvgIpc) is 3.07. The lowest BCUT2D eigenvalue weighted by Gasteiger charge is -2.07. The Morgan fingerprint density at radius 1 is 1.27 bits per heavy atom. The summed E-state index contributed by atoms with van der Waals surface area (Å²) in [5.41, 5.74) is 2.18. The number of aromatic amines is 1. The zero-order chi connectivity index (χ0) is 21.4. The summed E-state index contributed by atoms with van der Waals surface area (Å²) in [6, 6.07) is 12.9. The fraction of sp³-hybridized carbons (Fsp3) is 0.0909. The number of phenolic OH excluding ortho intramolecular Hbond substituents is 1. The molecule has 30 heavy (non-hydrogen) atoms. The molecule has 0 amide bonds. The second-order valence-electron chi connectivity index (χ2n) is 6.54. The van der Waals surface area contributed by atoms with E-state index in [-0.39, 0.29) is 32.9 Å². The third-order valence-electron chi connectivity index (χ3n) is 4.59. The Morgan fingerprint density at radius 3 is 2.70 bits per heavy atom. The van der Waals surface area contributed by atoms with E-state index >= 15 is 0 Å². The number of aromatic hydroxyl groups is 1. The number of aromatic nitrogens is 2. The normalized spacial score (nSPS) is 11.8. The molecule has 2 aromatic carbocycles. The monoisotopic (exact) mass is 458 g/mol. The van der Waals surface area contributed by atoms with Gasteiger partial charge in [0.2, 0.25) is 0 Å². The molecule has 0 saturated carbocycles. The second-order valence-corrected chi connectivity index (χ2v) is 8.56. The molecule has 152 valence electrons. The standard InChI is InChI=1S/C22H16Cl2N2O3S/c1-11-17(13-6-4-3-5-7-13)18-21(28)25-20(26-22(18)30-11)15(24)9-12-8-14(23)19(27)16(10-12)29-2/h3-10,27H,1-2H3,(H,25,26,28)/b15-9-. The second kappa shape index (κ2) is 8.14. The molecular formula is C22H16Cl2N2O3S. The number of halogens is 2. The molecule has 0 saturated heterocycles. The van der Waals surface area contributed by atoms with Crippen LogP contribution in [-0.2, 0) is 0 Å². The average molecular weight is 459 g/mol. The third kappa shape index (κ3) is 3.69. The van der Waals surface area contributed by atoms with Gasteiger partial charge in [-0.15, -0.1) is 11.3 Å². The minimum Gasteiger partial charge on any atom is -0.503 e. The first kappa shape index (κ1) is 20.5. The van der Waals surface area contributed by atoms with Gasteiger partial charge in [0.25, 0.3) is 5.56 Å². The van der Waals surface area contributed by atoms with E-state index in [1.54, 1.807) is 18.2 Å². The molecule has 2 aromatic heterocycles. The van der Waals surface area contributed by atoms with Crippen LogP contribution in [0.2, 0.25) is 5.02 Å². The molecular weight excluding hydrogens is 443 g/mol. The minimum atomic E-state index is -0.258. The number of fused-ring (bicyclic) bond motifs is 1. The molecule has 8 heteroatoms. The molecule has 4 rings (SSSR count). The number of phenols is 1. The predicted molar refractivity (Wildman–Crippen MR) is 124 cm³/mol. The van der Waals surface area contributed by atoms with E-state index in [0.29, 0.717) is 15.8 Å². The summed E-state index contributed by atoms with van der Waals surface area (Å²) in [5.74, 6) is 0.317. The van der Waals surface area contributed by atoms with E-state index < -0.39 is 0 Å². The lowest BCUT2D eigenvalue weighted by atomic mass is 10.0. The maximum atomic E-state index is 12.9. The number of hydrogen-bond acceptors (Lipinski definition) is 5. The Balaban J connectivity index is 1.82. The smallest absolute Gasteiger partial charge is 0.260 e. The molecule has 0 aliphatic carbocycles. The van der Waals surface area contributed by atoms with Gasteiger partial charge < -0.3 is 14.8 Å². The van der Waals surface area contributed by atoms with Crippen molar-refractivity contribution < 1.29 is 9.84 Å². The topological polar surface area (TPSA) is 75.2 Å². The fourth-order valence-corrected chi connectivity index (χ4v) is 4.71. The largest absolute Gasteiger partial charge is 0.503 e. The van der Waals surface area contributed by atoms with Crippen molar-refractivity contribution in [2.24, 2.45) is 0 Å². The zero-order valence-electron chi connectivity index (χ0n) is 16.0. The Kier molecular flexibility index (Phi) is 5.56. The van der Waals surface area contributed by atoms with Crippen LogP contribution in [0.25, 0.3) is 32.5 Å². The highest BCUT2D eigenvalue weighted by Gasteiger charge is 2.17. The van der Waals surface area contributed by atoms with Crippen molar-refractivity contribution in [1.82, 2.24) is 9.97 Å². The van der Waals surface area contributed by atoms with E-state index in [0.717, 1.165) is 16.0 Å². The van der Waals surface area contributed by atoms with Crippen molar-refractivity contribution in [3.63, 3.8) is 0 Å². The number of ether oxygens (including phenoxy) is 1. The van der Waals surface area contributed by atoms with Gasteiger partial charge >= 0.3 is 0 Å². The van der Waals surface area contributed by atoms with Gasteiger partial charge in [0.1, 0.15) is 4.83 Å². The van der Waals surface area contributed by atoms with Crippen LogP contribution in [0.1, 0.15) is 16.3 Å². The van der Waals surface area contributed by atoms with Crippen molar-refractivity contribution in [2.45, 2.75) is 6.92 Å². The number of nitrogens with zero attached hydrogens (tertiary/aromatic N) is 1. The molecule has 0 atom stereocenters. The summed E-state index contributed by atoms with van der Waals surface area (Å²) in [6.45, 7) is 1.97. The molecule has 5 nitrogen and oxygen atoms in total. The summed E-state index contributed by atoms with van der Waals surface area (Å²) < 4.78 is 5.11. The third-order valence-corrected chi connectivity index (χ3v) is 6.17. The first-order chi connectivity index (χ1) is 14.4. The van der Waals surface area contributed by atoms with Gasteiger partial charge in [-0.2, -0.15) is 0 Å². The molecule has 2 heterocycles. The summed E-state index contributed by atoms with van der Waals surface area (Å²) in [4.78, 5) is 21.9. The molecule has 0 unspecified atom stereocenters. The van der Waals surface area contributed by atoms with Gasteiger partial charge in [0, 0.05) is 10.4 Å². The Labute approximate surface area is 186 Å². The Bertz CT molecular complexity index is 1340. The van der Waals surface area contributed by atoms with E-state index in [2.05, 4.69) is 9.97 Å². The van der Waals surface area contributed by atoms with Gasteiger partial charge in [0.15, 0.2) is 17.3 Å². The van der Waals surface area contributed by atoms with E-state index in [9.17, 15) is 9.90 Å². The van der Waals surface area contributed by atoms with Crippen molar-refractivity contribution in [3.05, 3.63) is 74.1 Å². The summed E-state index contributed by atoms with van der Waals surface area (Å²) in [5, 5.41) is 10.8. The number of rotatable bonds is 4. The lowest BCUT2D eigenvalue weighted by Crippen LogP contribution is -2.10. The number of nitrogens with one attached hydrogen (secondary N) is 1. The van der Waals surface area contributed by atoms with Crippen LogP contribution in [0.15, 0.2) is 47.3 Å². The highest BCUT2D eigenvalue weighted by molar-refractivity contribution is 7.19. The van der Waals surface area contributed by atoms with Gasteiger partial charge in [-0.25, -0.2) is 4.98 Å². The zero-order valence-corrected chi connectivity index (χ0v) is 18.3. The molecule has 0 bridgehead atoms. The summed E-state index contributed by atoms with van der Waals surface area (Å²) >= 11 is 13.9. The van der Waals surface area contributed by atoms with Crippen molar-refractivity contribution in [1.29, 1.82) is 0 Å². The first-order valence-corrected chi connectivity index (χ1v) is 10.5. The van der Waals surface area contributed by atoms with Gasteiger partial charge in [-0.05, 0) is 36.3 Å². The number of aryl methyl sites for hydroxylation is 1. The molecule has 2 N–H and O–H groups in total. The molecule has 0 fully saturated rings. The van der Waals surface area contributed by atoms with Crippen LogP contribution in [0, 0.1) is 6.92 Å². The molecule has 0 radical (unpaired) electrons. The molecule has 0 spiro atoms. The van der Waals surface area contributed by atoms with E-state index in [1.165, 1.54) is 18.4 Å². The SMILES string of the molecule is COc1cc(/C=C(\Cl)c2nc3sc(C)c(-c4ccccc4)c3c(=O)[nH]2)cc(Cl)c1O. The number of H-pyrrole nitrogens is 1. The molecule has 0 aliphatic rings. The van der Waals surface area contributed by atoms with E-state index in [1.807, 2.05) is 37.3 Å². The van der Waals surface area contributed by atoms with Crippen LogP contribution in [-0.4, -0.2) is 22.2 Å². The minimum absolute atomic E-state index is 0.128. The van der Waals surface area contributed by atoms with Crippen molar-refractivity contribution in [3.8, 4) is 22.6 Å². The lowest BCUT2D eigenvalue weighted by molar-refractivity contribution is 0.373. The van der Waals surface area contributed by atoms with Gasteiger partial charge in [0.05, 0.1) is 22.6 Å². The van der Waals surface area contributed by atoms with Crippen LogP contribution < -0.4 is 10.3 Å². The van der Waals surface area contributed by atoms with Gasteiger partial charge in [-0.1, -0.05) is 53.5 Å². The summed E-state index contributed by atoms with van der Waals surface area (Å²) in [6.07, 6.45) is 1.60. The number of methoxy groups -OCH3 is 1. The number of thiophene rings is 1. The van der Waals surface area contributed by atoms with Crippen LogP contribution >= 0.6 is 34.5 Å². The predicted octanol–water partition coefficient (Wildman–Crippen LogP) is 6.06. The van der Waals surface area contributed by atoms with Crippen LogP contribution in [0.5, 0.6) is 11.5 Å². The maximum Gasteiger partial charge on any atom is 0.260 e. The first-order valence-electron chi connectivity index (χ1n) is 8.92. The highest BCUT2D eigenvalue weighted by atomic mass is 35.5. The number of hydrogen-bond donors (Lipinski definition) is 2. The Hall–Kier alpha value is -2.80.